The summed E-state index contributed by atoms with van der Waals surface area (Å²) >= 11 is 0. The highest BCUT2D eigenvalue weighted by atomic mass is 16.3. The largest absolute Gasteiger partial charge is 0.264 e. The maximum atomic E-state index is 10.7. The Hall–Kier alpha value is -1.41. The number of pyridine rings is 1. The monoisotopic (exact) mass is 158 g/mol. The van der Waals surface area contributed by atoms with Gasteiger partial charge in [-0.1, -0.05) is 18.2 Å². The Labute approximate surface area is 70.5 Å². The second-order valence-electron chi connectivity index (χ2n) is 2.66. The van der Waals surface area contributed by atoms with Gasteiger partial charge >= 0.3 is 0 Å². The molecule has 2 aromatic rings. The van der Waals surface area contributed by atoms with Gasteiger partial charge in [0, 0.05) is 17.8 Å². The molecule has 0 aliphatic rings. The van der Waals surface area contributed by atoms with Gasteiger partial charge in [0.15, 0.2) is 0 Å². The van der Waals surface area contributed by atoms with Crippen molar-refractivity contribution in [3.8, 4) is 0 Å². The van der Waals surface area contributed by atoms with Gasteiger partial charge in [-0.3, -0.25) is 4.98 Å². The van der Waals surface area contributed by atoms with Crippen LogP contribution in [0.25, 0.3) is 10.8 Å². The van der Waals surface area contributed by atoms with Crippen LogP contribution in [0, 0.1) is 0 Å². The second-order valence-corrected chi connectivity index (χ2v) is 2.66. The molecule has 1 aromatic heterocycles. The van der Waals surface area contributed by atoms with E-state index >= 15 is 0 Å². The van der Waals surface area contributed by atoms with Gasteiger partial charge in [-0.25, -0.2) is 5.11 Å². The van der Waals surface area contributed by atoms with Gasteiger partial charge in [0.25, 0.3) is 0 Å². The number of hydrogen-bond acceptors (Lipinski definition) is 1. The number of aromatic nitrogens is 1. The van der Waals surface area contributed by atoms with E-state index in [1.807, 2.05) is 24.3 Å². The molecule has 0 spiro atoms. The Kier molecular flexibility index (Phi) is 1.76. The fraction of sp³-hybridized carbons (Fsp3) is 0.100. The molecule has 12 heavy (non-hydrogen) atoms. The number of hydrogen-bond donors (Lipinski definition) is 0. The summed E-state index contributed by atoms with van der Waals surface area (Å²) in [5.41, 5.74) is 0.843. The molecule has 0 bridgehead atoms. The van der Waals surface area contributed by atoms with E-state index in [1.165, 1.54) is 0 Å². The van der Waals surface area contributed by atoms with E-state index in [9.17, 15) is 5.11 Å². The molecule has 1 aromatic carbocycles. The maximum Gasteiger partial charge on any atom is 0.108 e. The Morgan fingerprint density at radius 3 is 3.00 bits per heavy atom. The molecule has 1 heterocycles. The standard InChI is InChI=1S/C10H8NO/c12-7-9-3-1-2-8-6-11-5-4-10(8)9/h1-6H,7H2. The molecule has 0 N–H and O–H groups in total. The Morgan fingerprint density at radius 1 is 1.25 bits per heavy atom. The van der Waals surface area contributed by atoms with Gasteiger partial charge in [-0.15, -0.1) is 0 Å². The zero-order valence-electron chi connectivity index (χ0n) is 6.53. The smallest absolute Gasteiger partial charge is 0.108 e. The molecule has 2 rings (SSSR count). The molecule has 0 aliphatic heterocycles. The van der Waals surface area contributed by atoms with Gasteiger partial charge in [0.05, 0.1) is 0 Å². The lowest BCUT2D eigenvalue weighted by Gasteiger charge is -2.00. The van der Waals surface area contributed by atoms with Crippen LogP contribution < -0.4 is 0 Å². The van der Waals surface area contributed by atoms with Crippen molar-refractivity contribution in [1.29, 1.82) is 0 Å². The highest BCUT2D eigenvalue weighted by molar-refractivity contribution is 5.84. The first kappa shape index (κ1) is 7.25. The van der Waals surface area contributed by atoms with E-state index in [1.54, 1.807) is 12.4 Å². The highest BCUT2D eigenvalue weighted by Crippen LogP contribution is 2.16. The molecule has 0 aliphatic carbocycles. The van der Waals surface area contributed by atoms with Gasteiger partial charge in [0.1, 0.15) is 6.61 Å². The van der Waals surface area contributed by atoms with Crippen molar-refractivity contribution in [3.63, 3.8) is 0 Å². The average molecular weight is 158 g/mol. The molecular formula is C10H8NO. The number of benzene rings is 1. The summed E-state index contributed by atoms with van der Waals surface area (Å²) in [5, 5.41) is 12.8. The summed E-state index contributed by atoms with van der Waals surface area (Å²) in [6, 6.07) is 7.58. The molecule has 0 atom stereocenters. The summed E-state index contributed by atoms with van der Waals surface area (Å²) in [6.07, 6.45) is 3.48. The minimum Gasteiger partial charge on any atom is -0.264 e. The average Bonchev–Trinajstić information content (AvgIpc) is 2.17. The highest BCUT2D eigenvalue weighted by Gasteiger charge is 1.97. The summed E-state index contributed by atoms with van der Waals surface area (Å²) in [6.45, 7) is -0.165. The van der Waals surface area contributed by atoms with Gasteiger partial charge in [-0.2, -0.15) is 0 Å². The third-order valence-electron chi connectivity index (χ3n) is 1.93. The van der Waals surface area contributed by atoms with E-state index in [0.717, 1.165) is 16.3 Å². The van der Waals surface area contributed by atoms with E-state index in [2.05, 4.69) is 4.98 Å². The third kappa shape index (κ3) is 1.06. The molecule has 0 saturated heterocycles. The molecular weight excluding hydrogens is 150 g/mol. The van der Waals surface area contributed by atoms with Crippen molar-refractivity contribution in [2.75, 3.05) is 0 Å². The van der Waals surface area contributed by atoms with Gasteiger partial charge in [0.2, 0.25) is 0 Å². The molecule has 0 amide bonds. The lowest BCUT2D eigenvalue weighted by Crippen LogP contribution is -1.84. The molecule has 0 fully saturated rings. The Bertz CT molecular complexity index is 392. The lowest BCUT2D eigenvalue weighted by molar-refractivity contribution is 0.179. The summed E-state index contributed by atoms with van der Waals surface area (Å²) in [4.78, 5) is 3.99. The van der Waals surface area contributed by atoms with E-state index in [-0.39, 0.29) is 6.61 Å². The normalized spacial score (nSPS) is 10.4. The number of rotatable bonds is 1. The molecule has 2 nitrogen and oxygen atoms in total. The van der Waals surface area contributed by atoms with E-state index < -0.39 is 0 Å². The summed E-state index contributed by atoms with van der Waals surface area (Å²) in [7, 11) is 0. The minimum absolute atomic E-state index is 0.165. The third-order valence-corrected chi connectivity index (χ3v) is 1.93. The van der Waals surface area contributed by atoms with Crippen molar-refractivity contribution in [1.82, 2.24) is 4.98 Å². The van der Waals surface area contributed by atoms with E-state index in [4.69, 9.17) is 0 Å². The SMILES string of the molecule is [O]Cc1cccc2cnccc12. The van der Waals surface area contributed by atoms with Crippen LogP contribution in [0.1, 0.15) is 5.56 Å². The zero-order chi connectivity index (χ0) is 8.39. The van der Waals surface area contributed by atoms with Crippen molar-refractivity contribution < 1.29 is 5.11 Å². The van der Waals surface area contributed by atoms with Gasteiger partial charge in [-0.05, 0) is 17.0 Å². The second kappa shape index (κ2) is 2.91. The van der Waals surface area contributed by atoms with Crippen LogP contribution in [0.15, 0.2) is 36.7 Å². The van der Waals surface area contributed by atoms with Crippen molar-refractivity contribution in [2.24, 2.45) is 0 Å². The predicted molar refractivity (Wildman–Crippen MR) is 46.1 cm³/mol. The van der Waals surface area contributed by atoms with Crippen LogP contribution in [0.2, 0.25) is 0 Å². The number of fused-ring (bicyclic) bond motifs is 1. The van der Waals surface area contributed by atoms with Crippen molar-refractivity contribution in [3.05, 3.63) is 42.2 Å². The Balaban J connectivity index is 2.79. The Morgan fingerprint density at radius 2 is 2.17 bits per heavy atom. The van der Waals surface area contributed by atoms with Crippen LogP contribution in [0.5, 0.6) is 0 Å². The van der Waals surface area contributed by atoms with Crippen LogP contribution in [0.3, 0.4) is 0 Å². The van der Waals surface area contributed by atoms with Crippen LogP contribution >= 0.6 is 0 Å². The van der Waals surface area contributed by atoms with Crippen LogP contribution in [0.4, 0.5) is 0 Å². The van der Waals surface area contributed by atoms with Crippen LogP contribution in [-0.4, -0.2) is 4.98 Å². The lowest BCUT2D eigenvalue weighted by atomic mass is 10.1. The molecule has 1 radical (unpaired) electrons. The van der Waals surface area contributed by atoms with Crippen LogP contribution in [-0.2, 0) is 11.7 Å². The number of nitrogens with zero attached hydrogens (tertiary/aromatic N) is 1. The maximum absolute atomic E-state index is 10.7. The molecule has 0 unspecified atom stereocenters. The van der Waals surface area contributed by atoms with Gasteiger partial charge < -0.3 is 0 Å². The zero-order valence-corrected chi connectivity index (χ0v) is 6.53. The molecule has 2 heteroatoms. The fourth-order valence-electron chi connectivity index (χ4n) is 1.32. The fourth-order valence-corrected chi connectivity index (χ4v) is 1.32. The quantitative estimate of drug-likeness (QED) is 0.626. The first-order chi connectivity index (χ1) is 5.92. The minimum atomic E-state index is -0.165. The van der Waals surface area contributed by atoms with Crippen molar-refractivity contribution >= 4 is 10.8 Å². The summed E-state index contributed by atoms with van der Waals surface area (Å²) in [5.74, 6) is 0. The molecule has 0 saturated carbocycles. The predicted octanol–water partition coefficient (Wildman–Crippen LogP) is 2.17. The van der Waals surface area contributed by atoms with Crippen molar-refractivity contribution in [2.45, 2.75) is 6.61 Å². The first-order valence-corrected chi connectivity index (χ1v) is 3.81. The molecule has 59 valence electrons. The first-order valence-electron chi connectivity index (χ1n) is 3.81. The summed E-state index contributed by atoms with van der Waals surface area (Å²) < 4.78 is 0. The van der Waals surface area contributed by atoms with E-state index in [0.29, 0.717) is 0 Å². The topological polar surface area (TPSA) is 32.8 Å².